The first-order chi connectivity index (χ1) is 12.4. The molecule has 2 aliphatic rings. The van der Waals surface area contributed by atoms with Crippen LogP contribution in [0.4, 0.5) is 5.69 Å². The van der Waals surface area contributed by atoms with Crippen molar-refractivity contribution in [3.05, 3.63) is 23.5 Å². The zero-order valence-corrected chi connectivity index (χ0v) is 15.8. The molecule has 138 valence electrons. The number of ketones is 1. The largest absolute Gasteiger partial charge is 0.358 e. The first-order valence-corrected chi connectivity index (χ1v) is 9.37. The van der Waals surface area contributed by atoms with E-state index >= 15 is 0 Å². The zero-order valence-electron chi connectivity index (χ0n) is 15.8. The summed E-state index contributed by atoms with van der Waals surface area (Å²) in [6, 6.07) is 3.99. The van der Waals surface area contributed by atoms with Crippen LogP contribution < -0.4 is 4.90 Å². The van der Waals surface area contributed by atoms with Crippen molar-refractivity contribution < 1.29 is 14.3 Å². The number of fused-ring (bicyclic) bond motifs is 2. The number of amides is 1. The van der Waals surface area contributed by atoms with Crippen LogP contribution in [-0.2, 0) is 14.9 Å². The molecule has 1 aromatic carbocycles. The van der Waals surface area contributed by atoms with Crippen LogP contribution >= 0.6 is 0 Å². The van der Waals surface area contributed by atoms with Gasteiger partial charge in [0, 0.05) is 20.1 Å². The molecule has 1 saturated heterocycles. The summed E-state index contributed by atoms with van der Waals surface area (Å²) >= 11 is 0. The van der Waals surface area contributed by atoms with Gasteiger partial charge in [-0.15, -0.1) is 0 Å². The normalized spacial score (nSPS) is 22.1. The van der Waals surface area contributed by atoms with E-state index < -0.39 is 5.41 Å². The molecule has 2 aliphatic heterocycles. The second kappa shape index (κ2) is 5.91. The highest BCUT2D eigenvalue weighted by Crippen LogP contribution is 2.44. The number of imidazole rings is 1. The maximum atomic E-state index is 12.8. The second-order valence-corrected chi connectivity index (χ2v) is 7.72. The Morgan fingerprint density at radius 1 is 1.35 bits per heavy atom. The molecule has 0 spiro atoms. The number of benzene rings is 1. The fraction of sp³-hybridized carbons (Fsp3) is 0.550. The summed E-state index contributed by atoms with van der Waals surface area (Å²) in [5.41, 5.74) is 2.92. The Balaban J connectivity index is 1.97. The number of ether oxygens (including phenoxy) is 1. The number of hydrogen-bond acceptors (Lipinski definition) is 4. The lowest BCUT2D eigenvalue weighted by Crippen LogP contribution is -2.35. The van der Waals surface area contributed by atoms with Crippen LogP contribution in [-0.4, -0.2) is 34.4 Å². The quantitative estimate of drug-likeness (QED) is 0.790. The van der Waals surface area contributed by atoms with Crippen molar-refractivity contribution in [2.45, 2.75) is 58.6 Å². The predicted molar refractivity (Wildman–Crippen MR) is 99.6 cm³/mol. The molecular formula is C20H25N3O3. The molecule has 0 bridgehead atoms. The summed E-state index contributed by atoms with van der Waals surface area (Å²) in [6.07, 6.45) is 2.81. The van der Waals surface area contributed by atoms with E-state index in [0.29, 0.717) is 19.0 Å². The van der Waals surface area contributed by atoms with E-state index in [1.165, 1.54) is 0 Å². The molecule has 6 nitrogen and oxygen atoms in total. The maximum absolute atomic E-state index is 12.8. The van der Waals surface area contributed by atoms with Crippen molar-refractivity contribution in [2.24, 2.45) is 0 Å². The minimum Gasteiger partial charge on any atom is -0.358 e. The third kappa shape index (κ3) is 2.31. The summed E-state index contributed by atoms with van der Waals surface area (Å²) in [6.45, 7) is 8.74. The Labute approximate surface area is 153 Å². The fourth-order valence-corrected chi connectivity index (χ4v) is 4.20. The molecule has 0 radical (unpaired) electrons. The molecule has 1 unspecified atom stereocenters. The predicted octanol–water partition coefficient (Wildman–Crippen LogP) is 3.58. The third-order valence-corrected chi connectivity index (χ3v) is 5.63. The van der Waals surface area contributed by atoms with Gasteiger partial charge in [0.05, 0.1) is 22.1 Å². The van der Waals surface area contributed by atoms with Gasteiger partial charge in [0.15, 0.2) is 11.6 Å². The Bertz CT molecular complexity index is 907. The molecular weight excluding hydrogens is 330 g/mol. The summed E-state index contributed by atoms with van der Waals surface area (Å²) in [5.74, 6) is 0.468. The minimum absolute atomic E-state index is 0.0711. The summed E-state index contributed by atoms with van der Waals surface area (Å²) in [7, 11) is 0. The monoisotopic (exact) mass is 355 g/mol. The number of carbonyl (C=O) groups is 2. The van der Waals surface area contributed by atoms with Crippen LogP contribution in [0.25, 0.3) is 11.0 Å². The van der Waals surface area contributed by atoms with Crippen LogP contribution in [0, 0.1) is 0 Å². The van der Waals surface area contributed by atoms with Gasteiger partial charge in [0.25, 0.3) is 0 Å². The number of likely N-dealkylation sites (N-methyl/N-ethyl adjacent to an activating group) is 1. The number of nitrogens with zero attached hydrogens (tertiary/aromatic N) is 3. The van der Waals surface area contributed by atoms with E-state index in [1.54, 1.807) is 11.8 Å². The first kappa shape index (κ1) is 17.2. The molecule has 1 atom stereocenters. The van der Waals surface area contributed by atoms with Crippen molar-refractivity contribution in [3.8, 4) is 0 Å². The van der Waals surface area contributed by atoms with E-state index in [-0.39, 0.29) is 17.9 Å². The van der Waals surface area contributed by atoms with Crippen LogP contribution in [0.5, 0.6) is 0 Å². The SMILES string of the molecule is CCN1C(=O)C(C)(C)c2cc3c(cc21)nc(C(C)=O)n3C1CCCCO1. The Morgan fingerprint density at radius 2 is 2.12 bits per heavy atom. The van der Waals surface area contributed by atoms with Gasteiger partial charge in [0.1, 0.15) is 6.23 Å². The van der Waals surface area contributed by atoms with Crippen LogP contribution in [0.3, 0.4) is 0 Å². The zero-order chi connectivity index (χ0) is 18.6. The van der Waals surface area contributed by atoms with Crippen LogP contribution in [0.2, 0.25) is 0 Å². The van der Waals surface area contributed by atoms with Gasteiger partial charge in [-0.3, -0.25) is 14.2 Å². The lowest BCUT2D eigenvalue weighted by molar-refractivity contribution is -0.122. The van der Waals surface area contributed by atoms with Gasteiger partial charge < -0.3 is 9.64 Å². The van der Waals surface area contributed by atoms with Gasteiger partial charge in [-0.25, -0.2) is 4.98 Å². The number of hydrogen-bond donors (Lipinski definition) is 0. The second-order valence-electron chi connectivity index (χ2n) is 7.72. The van der Waals surface area contributed by atoms with Gasteiger partial charge in [-0.2, -0.15) is 0 Å². The third-order valence-electron chi connectivity index (χ3n) is 5.63. The van der Waals surface area contributed by atoms with Gasteiger partial charge in [-0.1, -0.05) is 0 Å². The summed E-state index contributed by atoms with van der Waals surface area (Å²) in [4.78, 5) is 31.4. The Morgan fingerprint density at radius 3 is 2.73 bits per heavy atom. The number of aromatic nitrogens is 2. The van der Waals surface area contributed by atoms with Gasteiger partial charge in [-0.05, 0) is 57.7 Å². The van der Waals surface area contributed by atoms with E-state index in [4.69, 9.17) is 4.74 Å². The molecule has 6 heteroatoms. The number of rotatable bonds is 3. The molecule has 0 aliphatic carbocycles. The van der Waals surface area contributed by atoms with Crippen molar-refractivity contribution in [3.63, 3.8) is 0 Å². The van der Waals surface area contributed by atoms with Crippen molar-refractivity contribution in [1.82, 2.24) is 9.55 Å². The molecule has 0 N–H and O–H groups in total. The van der Waals surface area contributed by atoms with Crippen LogP contribution in [0.1, 0.15) is 69.4 Å². The summed E-state index contributed by atoms with van der Waals surface area (Å²) in [5, 5.41) is 0. The maximum Gasteiger partial charge on any atom is 0.237 e. The van der Waals surface area contributed by atoms with Crippen molar-refractivity contribution in [2.75, 3.05) is 18.1 Å². The van der Waals surface area contributed by atoms with E-state index in [2.05, 4.69) is 4.98 Å². The lowest BCUT2D eigenvalue weighted by atomic mass is 9.86. The summed E-state index contributed by atoms with van der Waals surface area (Å²) < 4.78 is 7.89. The Kier molecular flexibility index (Phi) is 3.91. The molecule has 26 heavy (non-hydrogen) atoms. The molecule has 4 rings (SSSR count). The highest BCUT2D eigenvalue weighted by atomic mass is 16.5. The highest BCUT2D eigenvalue weighted by Gasteiger charge is 2.44. The standard InChI is InChI=1S/C20H25N3O3/c1-5-22-15-11-14-16(10-13(15)20(3,4)19(22)25)23(18(21-14)12(2)24)17-8-6-7-9-26-17/h10-11,17H,5-9H2,1-4H3. The molecule has 1 fully saturated rings. The van der Waals surface area contributed by atoms with Crippen molar-refractivity contribution in [1.29, 1.82) is 0 Å². The van der Waals surface area contributed by atoms with E-state index in [1.807, 2.05) is 37.5 Å². The smallest absolute Gasteiger partial charge is 0.237 e. The average Bonchev–Trinajstić information content (AvgIpc) is 3.08. The number of Topliss-reactive ketones (excluding diaryl/α,β-unsaturated/α-hetero) is 1. The topological polar surface area (TPSA) is 64.4 Å². The van der Waals surface area contributed by atoms with Crippen LogP contribution in [0.15, 0.2) is 12.1 Å². The van der Waals surface area contributed by atoms with E-state index in [0.717, 1.165) is 41.5 Å². The first-order valence-electron chi connectivity index (χ1n) is 9.37. The minimum atomic E-state index is -0.585. The Hall–Kier alpha value is -2.21. The molecule has 0 saturated carbocycles. The van der Waals surface area contributed by atoms with Gasteiger partial charge >= 0.3 is 0 Å². The fourth-order valence-electron chi connectivity index (χ4n) is 4.20. The van der Waals surface area contributed by atoms with Crippen molar-refractivity contribution >= 4 is 28.4 Å². The molecule has 1 aromatic heterocycles. The number of carbonyl (C=O) groups excluding carboxylic acids is 2. The lowest BCUT2D eigenvalue weighted by Gasteiger charge is -2.26. The molecule has 2 aromatic rings. The average molecular weight is 355 g/mol. The van der Waals surface area contributed by atoms with E-state index in [9.17, 15) is 9.59 Å². The van der Waals surface area contributed by atoms with Gasteiger partial charge in [0.2, 0.25) is 5.91 Å². The number of anilines is 1. The molecule has 3 heterocycles. The molecule has 1 amide bonds. The highest BCUT2D eigenvalue weighted by molar-refractivity contribution is 6.09.